The van der Waals surface area contributed by atoms with E-state index in [1.807, 2.05) is 19.9 Å². The second-order valence-electron chi connectivity index (χ2n) is 6.02. The first-order valence-electron chi connectivity index (χ1n) is 8.11. The van der Waals surface area contributed by atoms with E-state index in [-0.39, 0.29) is 31.2 Å². The fraction of sp³-hybridized carbons (Fsp3) is 0.500. The summed E-state index contributed by atoms with van der Waals surface area (Å²) >= 11 is 0. The lowest BCUT2D eigenvalue weighted by Crippen LogP contribution is -2.49. The Kier molecular flexibility index (Phi) is 6.19. The standard InChI is InChI=1S/C18H22N2O4/c1-13-4-3-5-14(2)20(13)17(21)11-24-18(22)12-23-16-8-6-15(10-19)7-9-16/h6-9,13-14H,3-5,11-12H2,1-2H3/t13-,14+. The van der Waals surface area contributed by atoms with Crippen LogP contribution in [0.4, 0.5) is 0 Å². The van der Waals surface area contributed by atoms with Crippen LogP contribution in [-0.2, 0) is 14.3 Å². The van der Waals surface area contributed by atoms with Crippen LogP contribution in [0.15, 0.2) is 24.3 Å². The SMILES string of the molecule is C[C@@H]1CCC[C@H](C)N1C(=O)COC(=O)COc1ccc(C#N)cc1. The maximum absolute atomic E-state index is 12.2. The molecule has 1 aliphatic heterocycles. The minimum absolute atomic E-state index is 0.165. The summed E-state index contributed by atoms with van der Waals surface area (Å²) in [7, 11) is 0. The van der Waals surface area contributed by atoms with Gasteiger partial charge in [-0.25, -0.2) is 4.79 Å². The molecule has 1 fully saturated rings. The van der Waals surface area contributed by atoms with Crippen molar-refractivity contribution in [2.45, 2.75) is 45.2 Å². The van der Waals surface area contributed by atoms with Crippen LogP contribution in [0.25, 0.3) is 0 Å². The number of amides is 1. The van der Waals surface area contributed by atoms with Crippen LogP contribution >= 0.6 is 0 Å². The van der Waals surface area contributed by atoms with E-state index >= 15 is 0 Å². The molecule has 1 saturated heterocycles. The highest BCUT2D eigenvalue weighted by atomic mass is 16.6. The second kappa shape index (κ2) is 8.34. The Hall–Kier alpha value is -2.55. The third-order valence-electron chi connectivity index (χ3n) is 4.18. The smallest absolute Gasteiger partial charge is 0.344 e. The van der Waals surface area contributed by atoms with E-state index in [2.05, 4.69) is 0 Å². The molecule has 0 radical (unpaired) electrons. The number of esters is 1. The third kappa shape index (κ3) is 4.72. The van der Waals surface area contributed by atoms with Gasteiger partial charge in [0.25, 0.3) is 5.91 Å². The zero-order chi connectivity index (χ0) is 17.5. The highest BCUT2D eigenvalue weighted by molar-refractivity contribution is 5.81. The molecule has 1 aliphatic rings. The summed E-state index contributed by atoms with van der Waals surface area (Å²) in [4.78, 5) is 25.8. The van der Waals surface area contributed by atoms with E-state index in [0.717, 1.165) is 19.3 Å². The number of hydrogen-bond acceptors (Lipinski definition) is 5. The predicted octanol–water partition coefficient (Wildman–Crippen LogP) is 2.27. The number of piperidine rings is 1. The molecule has 0 unspecified atom stereocenters. The lowest BCUT2D eigenvalue weighted by molar-refractivity contribution is -0.156. The van der Waals surface area contributed by atoms with Crippen LogP contribution in [-0.4, -0.2) is 42.1 Å². The summed E-state index contributed by atoms with van der Waals surface area (Å²) < 4.78 is 10.3. The zero-order valence-corrected chi connectivity index (χ0v) is 14.0. The molecule has 0 saturated carbocycles. The fourth-order valence-corrected chi connectivity index (χ4v) is 2.94. The van der Waals surface area contributed by atoms with Crippen LogP contribution in [0, 0.1) is 11.3 Å². The molecule has 1 heterocycles. The van der Waals surface area contributed by atoms with E-state index in [1.165, 1.54) is 0 Å². The quantitative estimate of drug-likeness (QED) is 0.774. The number of ether oxygens (including phenoxy) is 2. The molecule has 1 amide bonds. The molecule has 0 N–H and O–H groups in total. The van der Waals surface area contributed by atoms with E-state index in [9.17, 15) is 9.59 Å². The fourth-order valence-electron chi connectivity index (χ4n) is 2.94. The highest BCUT2D eigenvalue weighted by Crippen LogP contribution is 2.22. The lowest BCUT2D eigenvalue weighted by atomic mass is 9.97. The molecule has 1 aromatic carbocycles. The summed E-state index contributed by atoms with van der Waals surface area (Å²) in [6, 6.07) is 8.76. The number of benzene rings is 1. The maximum Gasteiger partial charge on any atom is 0.344 e. The van der Waals surface area contributed by atoms with Gasteiger partial charge in [-0.1, -0.05) is 0 Å². The molecule has 1 aromatic rings. The summed E-state index contributed by atoms with van der Waals surface area (Å²) in [6.07, 6.45) is 3.07. The number of rotatable bonds is 5. The number of hydrogen-bond donors (Lipinski definition) is 0. The number of carbonyl (C=O) groups is 2. The largest absolute Gasteiger partial charge is 0.482 e. The molecule has 0 bridgehead atoms. The molecule has 2 atom stereocenters. The molecule has 128 valence electrons. The zero-order valence-electron chi connectivity index (χ0n) is 14.0. The average Bonchev–Trinajstić information content (AvgIpc) is 2.58. The van der Waals surface area contributed by atoms with Gasteiger partial charge in [0.15, 0.2) is 13.2 Å². The van der Waals surface area contributed by atoms with Crippen molar-refractivity contribution >= 4 is 11.9 Å². The summed E-state index contributed by atoms with van der Waals surface area (Å²) in [5.41, 5.74) is 0.514. The summed E-state index contributed by atoms with van der Waals surface area (Å²) in [6.45, 7) is 3.50. The molecule has 2 rings (SSSR count). The molecular weight excluding hydrogens is 308 g/mol. The summed E-state index contributed by atoms with van der Waals surface area (Å²) in [5, 5.41) is 8.71. The number of nitriles is 1. The van der Waals surface area contributed by atoms with Crippen molar-refractivity contribution < 1.29 is 19.1 Å². The molecule has 6 nitrogen and oxygen atoms in total. The van der Waals surface area contributed by atoms with Gasteiger partial charge in [0.05, 0.1) is 11.6 Å². The van der Waals surface area contributed by atoms with Crippen LogP contribution < -0.4 is 4.74 Å². The second-order valence-corrected chi connectivity index (χ2v) is 6.02. The van der Waals surface area contributed by atoms with Gasteiger partial charge in [-0.3, -0.25) is 4.79 Å². The topological polar surface area (TPSA) is 79.6 Å². The third-order valence-corrected chi connectivity index (χ3v) is 4.18. The van der Waals surface area contributed by atoms with Gasteiger partial charge in [0, 0.05) is 12.1 Å². The minimum Gasteiger partial charge on any atom is -0.482 e. The van der Waals surface area contributed by atoms with Crippen molar-refractivity contribution in [2.75, 3.05) is 13.2 Å². The minimum atomic E-state index is -0.593. The van der Waals surface area contributed by atoms with Crippen molar-refractivity contribution in [1.82, 2.24) is 4.90 Å². The van der Waals surface area contributed by atoms with Crippen LogP contribution in [0.1, 0.15) is 38.7 Å². The Bertz CT molecular complexity index is 611. The van der Waals surface area contributed by atoms with E-state index < -0.39 is 5.97 Å². The number of carbonyl (C=O) groups excluding carboxylic acids is 2. The Morgan fingerprint density at radius 1 is 1.17 bits per heavy atom. The van der Waals surface area contributed by atoms with E-state index in [0.29, 0.717) is 11.3 Å². The number of nitrogens with zero attached hydrogens (tertiary/aromatic N) is 2. The Morgan fingerprint density at radius 3 is 2.38 bits per heavy atom. The molecule has 0 spiro atoms. The van der Waals surface area contributed by atoms with Gasteiger partial charge in [-0.05, 0) is 57.4 Å². The first-order chi connectivity index (χ1) is 11.5. The highest BCUT2D eigenvalue weighted by Gasteiger charge is 2.29. The first kappa shape index (κ1) is 17.8. The van der Waals surface area contributed by atoms with Crippen molar-refractivity contribution in [3.63, 3.8) is 0 Å². The van der Waals surface area contributed by atoms with Gasteiger partial charge in [0.1, 0.15) is 5.75 Å². The molecule has 24 heavy (non-hydrogen) atoms. The molecular formula is C18H22N2O4. The van der Waals surface area contributed by atoms with Gasteiger partial charge in [0.2, 0.25) is 0 Å². The average molecular weight is 330 g/mol. The monoisotopic (exact) mass is 330 g/mol. The molecule has 0 aliphatic carbocycles. The normalized spacial score (nSPS) is 20.1. The van der Waals surface area contributed by atoms with Crippen LogP contribution in [0.5, 0.6) is 5.75 Å². The Labute approximate surface area is 142 Å². The van der Waals surface area contributed by atoms with E-state index in [1.54, 1.807) is 29.2 Å². The van der Waals surface area contributed by atoms with E-state index in [4.69, 9.17) is 14.7 Å². The predicted molar refractivity (Wildman–Crippen MR) is 87.2 cm³/mol. The lowest BCUT2D eigenvalue weighted by Gasteiger charge is -2.38. The van der Waals surface area contributed by atoms with Gasteiger partial charge in [-0.2, -0.15) is 5.26 Å². The van der Waals surface area contributed by atoms with Crippen molar-refractivity contribution in [2.24, 2.45) is 0 Å². The van der Waals surface area contributed by atoms with Gasteiger partial charge >= 0.3 is 5.97 Å². The Balaban J connectivity index is 1.76. The summed E-state index contributed by atoms with van der Waals surface area (Å²) in [5.74, 6) is -0.290. The maximum atomic E-state index is 12.2. The molecule has 6 heteroatoms. The van der Waals surface area contributed by atoms with Gasteiger partial charge < -0.3 is 14.4 Å². The van der Waals surface area contributed by atoms with Crippen LogP contribution in [0.2, 0.25) is 0 Å². The number of likely N-dealkylation sites (tertiary alicyclic amines) is 1. The molecule has 0 aromatic heterocycles. The van der Waals surface area contributed by atoms with Gasteiger partial charge in [-0.15, -0.1) is 0 Å². The van der Waals surface area contributed by atoms with Crippen LogP contribution in [0.3, 0.4) is 0 Å². The van der Waals surface area contributed by atoms with Crippen molar-refractivity contribution in [3.05, 3.63) is 29.8 Å². The van der Waals surface area contributed by atoms with Crippen molar-refractivity contribution in [3.8, 4) is 11.8 Å². The van der Waals surface area contributed by atoms with Crippen molar-refractivity contribution in [1.29, 1.82) is 5.26 Å². The first-order valence-corrected chi connectivity index (χ1v) is 8.11. The Morgan fingerprint density at radius 2 is 1.79 bits per heavy atom.